The van der Waals surface area contributed by atoms with E-state index in [2.05, 4.69) is 5.32 Å². The van der Waals surface area contributed by atoms with Crippen molar-refractivity contribution in [1.29, 1.82) is 0 Å². The zero-order chi connectivity index (χ0) is 30.8. The van der Waals surface area contributed by atoms with Gasteiger partial charge in [0, 0.05) is 39.0 Å². The van der Waals surface area contributed by atoms with Crippen LogP contribution in [0.1, 0.15) is 56.1 Å². The molecule has 43 heavy (non-hydrogen) atoms. The highest BCUT2D eigenvalue weighted by Gasteiger charge is 2.32. The van der Waals surface area contributed by atoms with Crippen molar-refractivity contribution in [3.8, 4) is 0 Å². The third-order valence-corrected chi connectivity index (χ3v) is 10.5. The summed E-state index contributed by atoms with van der Waals surface area (Å²) < 4.78 is 27.2. The summed E-state index contributed by atoms with van der Waals surface area (Å²) in [4.78, 5) is 29.7. The van der Waals surface area contributed by atoms with Crippen molar-refractivity contribution < 1.29 is 18.0 Å². The molecule has 2 amide bonds. The lowest BCUT2D eigenvalue weighted by atomic mass is 9.94. The largest absolute Gasteiger partial charge is 0.352 e. The van der Waals surface area contributed by atoms with Gasteiger partial charge in [-0.2, -0.15) is 0 Å². The maximum atomic E-state index is 13.9. The molecule has 0 aliphatic heterocycles. The van der Waals surface area contributed by atoms with Gasteiger partial charge in [-0.15, -0.1) is 0 Å². The summed E-state index contributed by atoms with van der Waals surface area (Å²) >= 11 is 12.5. The van der Waals surface area contributed by atoms with Gasteiger partial charge >= 0.3 is 0 Å². The van der Waals surface area contributed by atoms with Gasteiger partial charge in [0.1, 0.15) is 6.04 Å². The molecular weight excluding hydrogens is 605 g/mol. The van der Waals surface area contributed by atoms with Crippen molar-refractivity contribution in [1.82, 2.24) is 14.5 Å². The van der Waals surface area contributed by atoms with Gasteiger partial charge in [-0.05, 0) is 54.7 Å². The van der Waals surface area contributed by atoms with E-state index >= 15 is 0 Å². The summed E-state index contributed by atoms with van der Waals surface area (Å²) in [6.45, 7) is 0.310. The number of amides is 2. The molecule has 1 atom stereocenters. The minimum Gasteiger partial charge on any atom is -0.352 e. The van der Waals surface area contributed by atoms with Gasteiger partial charge in [0.25, 0.3) is 0 Å². The second-order valence-electron chi connectivity index (χ2n) is 11.1. The molecule has 3 aromatic carbocycles. The molecule has 7 nitrogen and oxygen atoms in total. The first-order valence-corrected chi connectivity index (χ1v) is 16.9. The van der Waals surface area contributed by atoms with E-state index in [9.17, 15) is 18.0 Å². The number of nitrogens with zero attached hydrogens (tertiary/aromatic N) is 2. The highest BCUT2D eigenvalue weighted by Crippen LogP contribution is 2.25. The molecule has 230 valence electrons. The number of rotatable bonds is 13. The first kappa shape index (κ1) is 33.0. The van der Waals surface area contributed by atoms with Crippen molar-refractivity contribution in [2.24, 2.45) is 0 Å². The molecule has 0 heterocycles. The standard InChI is InChI=1S/C33H39Cl2N3O4S/c1-37(43(41,42)28-16-9-4-10-17-28)21-11-18-32(39)38(24-26-19-20-29(34)30(35)22-26)31(23-25-12-5-2-6-13-25)33(40)36-27-14-7-3-8-15-27/h2,4-6,9-10,12-13,16-17,19-20,22,27,31H,3,7-8,11,14-15,18,21,23-24H2,1H3,(H,36,40). The average molecular weight is 645 g/mol. The van der Waals surface area contributed by atoms with E-state index in [1.165, 1.54) is 11.4 Å². The second kappa shape index (κ2) is 15.7. The summed E-state index contributed by atoms with van der Waals surface area (Å²) in [6.07, 6.45) is 5.85. The molecule has 0 spiro atoms. The highest BCUT2D eigenvalue weighted by atomic mass is 35.5. The Hall–Kier alpha value is -2.91. The fourth-order valence-corrected chi connectivity index (χ4v) is 6.97. The van der Waals surface area contributed by atoms with E-state index in [-0.39, 0.29) is 42.3 Å². The molecule has 0 bridgehead atoms. The quantitative estimate of drug-likeness (QED) is 0.231. The van der Waals surface area contributed by atoms with Crippen LogP contribution in [0, 0.1) is 0 Å². The van der Waals surface area contributed by atoms with E-state index in [1.54, 1.807) is 53.4 Å². The molecule has 0 radical (unpaired) electrons. The summed E-state index contributed by atoms with van der Waals surface area (Å²) in [5, 5.41) is 4.00. The lowest BCUT2D eigenvalue weighted by Crippen LogP contribution is -2.52. The molecule has 0 aromatic heterocycles. The third-order valence-electron chi connectivity index (χ3n) is 7.87. The maximum absolute atomic E-state index is 13.9. The summed E-state index contributed by atoms with van der Waals surface area (Å²) in [5.41, 5.74) is 1.68. The van der Waals surface area contributed by atoms with Crippen LogP contribution >= 0.6 is 23.2 Å². The zero-order valence-electron chi connectivity index (χ0n) is 24.4. The molecule has 3 aromatic rings. The van der Waals surface area contributed by atoms with Crippen LogP contribution in [-0.2, 0) is 32.6 Å². The molecule has 1 unspecified atom stereocenters. The fourth-order valence-electron chi connectivity index (χ4n) is 5.42. The van der Waals surface area contributed by atoms with E-state index in [0.717, 1.165) is 43.2 Å². The Balaban J connectivity index is 1.56. The Labute approximate surface area is 265 Å². The minimum atomic E-state index is -3.68. The zero-order valence-corrected chi connectivity index (χ0v) is 26.8. The number of nitrogens with one attached hydrogen (secondary N) is 1. The van der Waals surface area contributed by atoms with Crippen LogP contribution in [0.4, 0.5) is 0 Å². The van der Waals surface area contributed by atoms with E-state index in [4.69, 9.17) is 23.2 Å². The van der Waals surface area contributed by atoms with Gasteiger partial charge in [0.15, 0.2) is 0 Å². The Kier molecular flexibility index (Phi) is 12.1. The number of carbonyl (C=O) groups is 2. The minimum absolute atomic E-state index is 0.0674. The van der Waals surface area contributed by atoms with Crippen molar-refractivity contribution in [2.75, 3.05) is 13.6 Å². The number of sulfonamides is 1. The highest BCUT2D eigenvalue weighted by molar-refractivity contribution is 7.89. The van der Waals surface area contributed by atoms with Crippen LogP contribution in [-0.4, -0.2) is 55.1 Å². The van der Waals surface area contributed by atoms with Gasteiger partial charge in [-0.25, -0.2) is 12.7 Å². The van der Waals surface area contributed by atoms with Gasteiger partial charge in [0.2, 0.25) is 21.8 Å². The number of benzene rings is 3. The monoisotopic (exact) mass is 643 g/mol. The van der Waals surface area contributed by atoms with Crippen molar-refractivity contribution in [3.63, 3.8) is 0 Å². The molecule has 10 heteroatoms. The lowest BCUT2D eigenvalue weighted by Gasteiger charge is -2.33. The molecule has 1 aliphatic carbocycles. The van der Waals surface area contributed by atoms with Crippen LogP contribution in [0.25, 0.3) is 0 Å². The molecule has 1 fully saturated rings. The van der Waals surface area contributed by atoms with E-state index in [1.807, 2.05) is 30.3 Å². The van der Waals surface area contributed by atoms with Crippen LogP contribution in [0.5, 0.6) is 0 Å². The SMILES string of the molecule is CN(CCCC(=O)N(Cc1ccc(Cl)c(Cl)c1)C(Cc1ccccc1)C(=O)NC1CCCCC1)S(=O)(=O)c1ccccc1. The smallest absolute Gasteiger partial charge is 0.243 e. The maximum Gasteiger partial charge on any atom is 0.243 e. The van der Waals surface area contributed by atoms with Crippen LogP contribution in [0.3, 0.4) is 0 Å². The normalized spacial score (nSPS) is 14.8. The molecule has 1 aliphatic rings. The Morgan fingerprint density at radius 3 is 2.19 bits per heavy atom. The van der Waals surface area contributed by atoms with Crippen molar-refractivity contribution in [2.45, 2.75) is 74.9 Å². The molecule has 1 N–H and O–H groups in total. The Bertz CT molecular complexity index is 1470. The molecule has 4 rings (SSSR count). The summed E-state index contributed by atoms with van der Waals surface area (Å²) in [7, 11) is -2.17. The topological polar surface area (TPSA) is 86.8 Å². The summed E-state index contributed by atoms with van der Waals surface area (Å²) in [5.74, 6) is -0.427. The summed E-state index contributed by atoms with van der Waals surface area (Å²) in [6, 6.07) is 22.4. The molecular formula is C33H39Cl2N3O4S. The number of hydrogen-bond acceptors (Lipinski definition) is 4. The molecule has 1 saturated carbocycles. The van der Waals surface area contributed by atoms with Gasteiger partial charge in [-0.1, -0.05) is 97.1 Å². The van der Waals surface area contributed by atoms with Crippen LogP contribution in [0.2, 0.25) is 10.0 Å². The third kappa shape index (κ3) is 9.29. The predicted octanol–water partition coefficient (Wildman–Crippen LogP) is 6.48. The van der Waals surface area contributed by atoms with Gasteiger partial charge in [-0.3, -0.25) is 9.59 Å². The average Bonchev–Trinajstić information content (AvgIpc) is 3.01. The van der Waals surface area contributed by atoms with E-state index in [0.29, 0.717) is 22.9 Å². The van der Waals surface area contributed by atoms with Gasteiger partial charge < -0.3 is 10.2 Å². The predicted molar refractivity (Wildman–Crippen MR) is 171 cm³/mol. The van der Waals surface area contributed by atoms with Crippen molar-refractivity contribution in [3.05, 3.63) is 100 Å². The van der Waals surface area contributed by atoms with Crippen molar-refractivity contribution >= 4 is 45.0 Å². The van der Waals surface area contributed by atoms with Crippen LogP contribution < -0.4 is 5.32 Å². The lowest BCUT2D eigenvalue weighted by molar-refractivity contribution is -0.141. The first-order chi connectivity index (χ1) is 20.6. The second-order valence-corrected chi connectivity index (χ2v) is 13.9. The fraction of sp³-hybridized carbons (Fsp3) is 0.394. The Morgan fingerprint density at radius 1 is 0.884 bits per heavy atom. The van der Waals surface area contributed by atoms with Crippen LogP contribution in [0.15, 0.2) is 83.8 Å². The Morgan fingerprint density at radius 2 is 1.53 bits per heavy atom. The number of halogens is 2. The van der Waals surface area contributed by atoms with E-state index < -0.39 is 16.1 Å². The number of carbonyl (C=O) groups excluding carboxylic acids is 2. The molecule has 0 saturated heterocycles. The number of hydrogen-bond donors (Lipinski definition) is 1. The van der Waals surface area contributed by atoms with Gasteiger partial charge in [0.05, 0.1) is 14.9 Å². The first-order valence-electron chi connectivity index (χ1n) is 14.7.